The van der Waals surface area contributed by atoms with Crippen molar-refractivity contribution in [2.24, 2.45) is 0 Å². The van der Waals surface area contributed by atoms with Crippen LogP contribution in [0.5, 0.6) is 0 Å². The van der Waals surface area contributed by atoms with Gasteiger partial charge in [0.2, 0.25) is 5.91 Å². The Labute approximate surface area is 205 Å². The number of halogens is 3. The summed E-state index contributed by atoms with van der Waals surface area (Å²) in [5, 5.41) is 10.3. The molecule has 1 heterocycles. The lowest BCUT2D eigenvalue weighted by molar-refractivity contribution is -0.140. The number of amides is 1. The second-order valence-electron chi connectivity index (χ2n) is 9.79. The summed E-state index contributed by atoms with van der Waals surface area (Å²) in [5.41, 5.74) is 1.62. The first kappa shape index (κ1) is 27.2. The molecule has 5 nitrogen and oxygen atoms in total. The van der Waals surface area contributed by atoms with E-state index in [0.717, 1.165) is 37.7 Å². The fourth-order valence-electron chi connectivity index (χ4n) is 4.63. The van der Waals surface area contributed by atoms with Crippen molar-refractivity contribution in [1.82, 2.24) is 9.80 Å². The molecule has 0 bridgehead atoms. The third kappa shape index (κ3) is 7.78. The maximum absolute atomic E-state index is 13.5. The summed E-state index contributed by atoms with van der Waals surface area (Å²) in [6, 6.07) is 11.4. The predicted octanol–water partition coefficient (Wildman–Crippen LogP) is 4.44. The van der Waals surface area contributed by atoms with E-state index in [1.165, 1.54) is 34.2 Å². The molecule has 1 aliphatic rings. The van der Waals surface area contributed by atoms with Crippen molar-refractivity contribution in [3.8, 4) is 0 Å². The summed E-state index contributed by atoms with van der Waals surface area (Å²) < 4.78 is 45.7. The number of carbonyl (C=O) groups is 1. The third-order valence-electron chi connectivity index (χ3n) is 6.28. The van der Waals surface area contributed by atoms with Crippen LogP contribution in [0.2, 0.25) is 0 Å². The Morgan fingerprint density at radius 3 is 2.51 bits per heavy atom. The van der Waals surface area contributed by atoms with Crippen molar-refractivity contribution in [1.29, 1.82) is 0 Å². The topological polar surface area (TPSA) is 53.0 Å². The number of aliphatic hydroxyl groups is 1. The largest absolute Gasteiger partial charge is 0.416 e. The lowest BCUT2D eigenvalue weighted by Crippen LogP contribution is -2.42. The van der Waals surface area contributed by atoms with E-state index in [1.807, 2.05) is 12.1 Å². The molecule has 1 amide bonds. The van der Waals surface area contributed by atoms with Gasteiger partial charge in [0.25, 0.3) is 0 Å². The van der Waals surface area contributed by atoms with Crippen molar-refractivity contribution in [3.63, 3.8) is 0 Å². The summed E-state index contributed by atoms with van der Waals surface area (Å²) >= 11 is 0. The normalized spacial score (nSPS) is 14.6. The standard InChI is InChI=1S/C27H35F3N2O3/c1-26(2,34)19-32(18-22-7-4-5-10-24(22)27(28,29)30)25(33)12-11-20-8-6-9-21-17-31(15-16-35-3)14-13-23(20)21/h4-10,34H,11-19H2,1-3H3. The van der Waals surface area contributed by atoms with Gasteiger partial charge in [-0.3, -0.25) is 9.69 Å². The van der Waals surface area contributed by atoms with Crippen LogP contribution in [0.1, 0.15) is 48.1 Å². The van der Waals surface area contributed by atoms with E-state index in [-0.39, 0.29) is 31.0 Å². The van der Waals surface area contributed by atoms with Crippen LogP contribution in [0.3, 0.4) is 0 Å². The summed E-state index contributed by atoms with van der Waals surface area (Å²) in [5.74, 6) is -0.278. The van der Waals surface area contributed by atoms with Crippen LogP contribution in [-0.4, -0.2) is 59.8 Å². The van der Waals surface area contributed by atoms with E-state index < -0.39 is 17.3 Å². The number of aryl methyl sites for hydroxylation is 1. The van der Waals surface area contributed by atoms with Gasteiger partial charge in [-0.1, -0.05) is 36.4 Å². The number of methoxy groups -OCH3 is 1. The molecule has 0 radical (unpaired) electrons. The first-order valence-electron chi connectivity index (χ1n) is 11.9. The number of nitrogens with zero attached hydrogens (tertiary/aromatic N) is 2. The Bertz CT molecular complexity index is 1000. The summed E-state index contributed by atoms with van der Waals surface area (Å²) in [6.07, 6.45) is -2.96. The van der Waals surface area contributed by atoms with Gasteiger partial charge in [0.05, 0.1) is 17.8 Å². The van der Waals surface area contributed by atoms with Crippen molar-refractivity contribution in [2.45, 2.75) is 58.0 Å². The Kier molecular flexibility index (Phi) is 8.96. The highest BCUT2D eigenvalue weighted by Gasteiger charge is 2.34. The molecular formula is C27H35F3N2O3. The Morgan fingerprint density at radius 1 is 1.11 bits per heavy atom. The van der Waals surface area contributed by atoms with Gasteiger partial charge in [-0.05, 0) is 55.0 Å². The molecule has 8 heteroatoms. The zero-order valence-electron chi connectivity index (χ0n) is 20.7. The fourth-order valence-corrected chi connectivity index (χ4v) is 4.63. The highest BCUT2D eigenvalue weighted by atomic mass is 19.4. The minimum atomic E-state index is -4.51. The quantitative estimate of drug-likeness (QED) is 0.533. The molecule has 0 aliphatic carbocycles. The first-order chi connectivity index (χ1) is 16.5. The van der Waals surface area contributed by atoms with Gasteiger partial charge in [0, 0.05) is 46.3 Å². The van der Waals surface area contributed by atoms with Crippen LogP contribution >= 0.6 is 0 Å². The third-order valence-corrected chi connectivity index (χ3v) is 6.28. The molecule has 0 atom stereocenters. The van der Waals surface area contributed by atoms with Gasteiger partial charge >= 0.3 is 6.18 Å². The Balaban J connectivity index is 1.73. The second-order valence-corrected chi connectivity index (χ2v) is 9.79. The van der Waals surface area contributed by atoms with E-state index >= 15 is 0 Å². The minimum absolute atomic E-state index is 0.0193. The summed E-state index contributed by atoms with van der Waals surface area (Å²) in [7, 11) is 1.69. The molecule has 0 spiro atoms. The molecule has 0 saturated carbocycles. The smallest absolute Gasteiger partial charge is 0.389 e. The average molecular weight is 493 g/mol. The van der Waals surface area contributed by atoms with E-state index in [9.17, 15) is 23.1 Å². The summed E-state index contributed by atoms with van der Waals surface area (Å²) in [4.78, 5) is 16.9. The van der Waals surface area contributed by atoms with Gasteiger partial charge in [-0.15, -0.1) is 0 Å². The first-order valence-corrected chi connectivity index (χ1v) is 11.9. The number of hydrogen-bond donors (Lipinski definition) is 1. The van der Waals surface area contributed by atoms with Gasteiger partial charge in [-0.25, -0.2) is 0 Å². The van der Waals surface area contributed by atoms with E-state index in [0.29, 0.717) is 13.0 Å². The Hall–Kier alpha value is -2.42. The highest BCUT2D eigenvalue weighted by Crippen LogP contribution is 2.33. The molecule has 2 aromatic rings. The van der Waals surface area contributed by atoms with Gasteiger partial charge in [0.1, 0.15) is 0 Å². The molecule has 1 N–H and O–H groups in total. The Morgan fingerprint density at radius 2 is 1.83 bits per heavy atom. The van der Waals surface area contributed by atoms with Crippen molar-refractivity contribution < 1.29 is 27.8 Å². The van der Waals surface area contributed by atoms with Crippen LogP contribution in [-0.2, 0) is 41.6 Å². The SMILES string of the molecule is COCCN1CCc2c(CCC(=O)N(Cc3ccccc3C(F)(F)F)CC(C)(C)O)cccc2C1. The van der Waals surface area contributed by atoms with E-state index in [2.05, 4.69) is 11.0 Å². The number of ether oxygens (including phenoxy) is 1. The fraction of sp³-hybridized carbons (Fsp3) is 0.519. The number of rotatable bonds is 10. The zero-order chi connectivity index (χ0) is 25.6. The molecular weight excluding hydrogens is 457 g/mol. The van der Waals surface area contributed by atoms with Crippen molar-refractivity contribution in [3.05, 3.63) is 70.3 Å². The molecule has 0 aromatic heterocycles. The predicted molar refractivity (Wildman–Crippen MR) is 129 cm³/mol. The lowest BCUT2D eigenvalue weighted by atomic mass is 9.92. The number of benzene rings is 2. The molecule has 0 fully saturated rings. The van der Waals surface area contributed by atoms with Crippen LogP contribution in [0.4, 0.5) is 13.2 Å². The van der Waals surface area contributed by atoms with Crippen LogP contribution in [0.15, 0.2) is 42.5 Å². The molecule has 2 aromatic carbocycles. The zero-order valence-corrected chi connectivity index (χ0v) is 20.7. The number of carbonyl (C=O) groups excluding carboxylic acids is 1. The second kappa shape index (κ2) is 11.5. The van der Waals surface area contributed by atoms with E-state index in [4.69, 9.17) is 4.74 Å². The number of fused-ring (bicyclic) bond motifs is 1. The minimum Gasteiger partial charge on any atom is -0.389 e. The molecule has 3 rings (SSSR count). The lowest BCUT2D eigenvalue weighted by Gasteiger charge is -2.31. The van der Waals surface area contributed by atoms with E-state index in [1.54, 1.807) is 21.0 Å². The van der Waals surface area contributed by atoms with Crippen molar-refractivity contribution >= 4 is 5.91 Å². The summed E-state index contributed by atoms with van der Waals surface area (Å²) in [6.45, 7) is 6.12. The monoisotopic (exact) mass is 492 g/mol. The van der Waals surface area contributed by atoms with Crippen molar-refractivity contribution in [2.75, 3.05) is 33.4 Å². The average Bonchev–Trinajstić information content (AvgIpc) is 2.79. The molecule has 35 heavy (non-hydrogen) atoms. The molecule has 0 saturated heterocycles. The van der Waals surface area contributed by atoms with Gasteiger partial charge in [-0.2, -0.15) is 13.2 Å². The number of alkyl halides is 3. The maximum atomic E-state index is 13.5. The van der Waals surface area contributed by atoms with Crippen LogP contribution in [0, 0.1) is 0 Å². The van der Waals surface area contributed by atoms with Gasteiger partial charge < -0.3 is 14.7 Å². The van der Waals surface area contributed by atoms with Crippen LogP contribution < -0.4 is 0 Å². The highest BCUT2D eigenvalue weighted by molar-refractivity contribution is 5.76. The molecule has 192 valence electrons. The maximum Gasteiger partial charge on any atom is 0.416 e. The molecule has 0 unspecified atom stereocenters. The number of hydrogen-bond acceptors (Lipinski definition) is 4. The van der Waals surface area contributed by atoms with Crippen LogP contribution in [0.25, 0.3) is 0 Å². The van der Waals surface area contributed by atoms with Gasteiger partial charge in [0.15, 0.2) is 0 Å². The molecule has 1 aliphatic heterocycles.